The maximum Gasteiger partial charge on any atom is 0.0441 e. The average Bonchev–Trinajstić information content (AvgIpc) is 2.61. The highest BCUT2D eigenvalue weighted by molar-refractivity contribution is 8.03. The van der Waals surface area contributed by atoms with Crippen molar-refractivity contribution in [2.75, 3.05) is 5.75 Å². The molecule has 0 saturated heterocycles. The lowest BCUT2D eigenvalue weighted by Gasteiger charge is -2.03. The van der Waals surface area contributed by atoms with Gasteiger partial charge in [-0.1, -0.05) is 35.9 Å². The van der Waals surface area contributed by atoms with Crippen molar-refractivity contribution >= 4 is 23.4 Å². The number of benzene rings is 1. The fraction of sp³-hybridized carbons (Fsp3) is 0.273. The first kappa shape index (κ1) is 9.17. The summed E-state index contributed by atoms with van der Waals surface area (Å²) in [7, 11) is 0. The van der Waals surface area contributed by atoms with E-state index in [4.69, 9.17) is 11.6 Å². The highest BCUT2D eigenvalue weighted by Crippen LogP contribution is 2.29. The summed E-state index contributed by atoms with van der Waals surface area (Å²) in [6.45, 7) is 0. The zero-order chi connectivity index (χ0) is 9.10. The number of rotatable bonds is 2. The van der Waals surface area contributed by atoms with E-state index in [1.807, 2.05) is 30.0 Å². The van der Waals surface area contributed by atoms with E-state index in [1.54, 1.807) is 0 Å². The summed E-state index contributed by atoms with van der Waals surface area (Å²) in [4.78, 5) is 1.47. The number of hydrogen-bond acceptors (Lipinski definition) is 1. The third kappa shape index (κ3) is 2.29. The summed E-state index contributed by atoms with van der Waals surface area (Å²) in [5.41, 5.74) is 1.24. The lowest BCUT2D eigenvalue weighted by atomic mass is 10.1. The molecule has 0 spiro atoms. The zero-order valence-corrected chi connectivity index (χ0v) is 8.87. The molecule has 1 heterocycles. The first-order chi connectivity index (χ1) is 6.36. The van der Waals surface area contributed by atoms with Crippen LogP contribution >= 0.6 is 23.4 Å². The molecule has 2 heteroatoms. The molecule has 0 nitrogen and oxygen atoms in total. The Balaban J connectivity index is 2.13. The molecule has 0 saturated carbocycles. The predicted octanol–water partition coefficient (Wildman–Crippen LogP) is 3.90. The lowest BCUT2D eigenvalue weighted by molar-refractivity contribution is 1.21. The Kier molecular flexibility index (Phi) is 2.97. The van der Waals surface area contributed by atoms with Crippen LogP contribution in [-0.2, 0) is 6.42 Å². The van der Waals surface area contributed by atoms with Crippen LogP contribution in [0.1, 0.15) is 12.0 Å². The minimum atomic E-state index is 0.885. The number of thioether (sulfide) groups is 1. The normalized spacial score (nSPS) is 15.9. The predicted molar refractivity (Wildman–Crippen MR) is 60.3 cm³/mol. The van der Waals surface area contributed by atoms with Crippen molar-refractivity contribution in [3.63, 3.8) is 0 Å². The molecule has 0 bridgehead atoms. The largest absolute Gasteiger partial charge is 0.130 e. The topological polar surface area (TPSA) is 0 Å². The maximum absolute atomic E-state index is 6.07. The van der Waals surface area contributed by atoms with Crippen LogP contribution in [0, 0.1) is 0 Å². The van der Waals surface area contributed by atoms with Crippen molar-refractivity contribution in [2.45, 2.75) is 12.8 Å². The van der Waals surface area contributed by atoms with Gasteiger partial charge in [0.1, 0.15) is 0 Å². The van der Waals surface area contributed by atoms with Gasteiger partial charge in [-0.05, 0) is 23.0 Å². The van der Waals surface area contributed by atoms with E-state index in [1.165, 1.54) is 22.6 Å². The molecule has 0 radical (unpaired) electrons. The Morgan fingerprint density at radius 2 is 2.15 bits per heavy atom. The quantitative estimate of drug-likeness (QED) is 0.714. The molecule has 13 heavy (non-hydrogen) atoms. The SMILES string of the molecule is Clc1ccccc1CC1=CCCS1. The summed E-state index contributed by atoms with van der Waals surface area (Å²) >= 11 is 8.01. The Bertz CT molecular complexity index is 331. The van der Waals surface area contributed by atoms with E-state index in [9.17, 15) is 0 Å². The molecule has 1 aromatic rings. The molecule has 0 N–H and O–H groups in total. The summed E-state index contributed by atoms with van der Waals surface area (Å²) < 4.78 is 0. The molecule has 0 aromatic heterocycles. The van der Waals surface area contributed by atoms with Crippen LogP contribution in [0.2, 0.25) is 5.02 Å². The molecule has 0 atom stereocenters. The fourth-order valence-electron chi connectivity index (χ4n) is 1.42. The number of hydrogen-bond donors (Lipinski definition) is 0. The Morgan fingerprint density at radius 3 is 2.85 bits per heavy atom. The van der Waals surface area contributed by atoms with Crippen molar-refractivity contribution in [1.29, 1.82) is 0 Å². The minimum absolute atomic E-state index is 0.885. The van der Waals surface area contributed by atoms with Gasteiger partial charge in [0.2, 0.25) is 0 Å². The molecule has 0 amide bonds. The smallest absolute Gasteiger partial charge is 0.0441 e. The second-order valence-corrected chi connectivity index (χ2v) is 4.70. The van der Waals surface area contributed by atoms with Gasteiger partial charge >= 0.3 is 0 Å². The van der Waals surface area contributed by atoms with Gasteiger partial charge in [-0.2, -0.15) is 0 Å². The van der Waals surface area contributed by atoms with Crippen LogP contribution in [-0.4, -0.2) is 5.75 Å². The van der Waals surface area contributed by atoms with E-state index in [0.29, 0.717) is 0 Å². The molecule has 2 rings (SSSR count). The third-order valence-corrected chi connectivity index (χ3v) is 3.59. The molecule has 0 fully saturated rings. The van der Waals surface area contributed by atoms with Gasteiger partial charge in [0.05, 0.1) is 0 Å². The molecule has 68 valence electrons. The van der Waals surface area contributed by atoms with Gasteiger partial charge in [0.25, 0.3) is 0 Å². The van der Waals surface area contributed by atoms with Crippen molar-refractivity contribution in [2.24, 2.45) is 0 Å². The standard InChI is InChI=1S/C11H11ClS/c12-11-6-2-1-4-9(11)8-10-5-3-7-13-10/h1-2,4-6H,3,7-8H2. The molecule has 0 unspecified atom stereocenters. The van der Waals surface area contributed by atoms with Gasteiger partial charge in [0, 0.05) is 17.2 Å². The van der Waals surface area contributed by atoms with Crippen LogP contribution in [0.25, 0.3) is 0 Å². The summed E-state index contributed by atoms with van der Waals surface area (Å²) in [5, 5.41) is 0.885. The second kappa shape index (κ2) is 4.21. The molecule has 1 aliphatic heterocycles. The van der Waals surface area contributed by atoms with Crippen molar-refractivity contribution in [1.82, 2.24) is 0 Å². The number of halogens is 1. The highest BCUT2D eigenvalue weighted by atomic mass is 35.5. The summed E-state index contributed by atoms with van der Waals surface area (Å²) in [6.07, 6.45) is 4.53. The Labute approximate surface area is 88.0 Å². The van der Waals surface area contributed by atoms with Gasteiger partial charge in [0.15, 0.2) is 0 Å². The monoisotopic (exact) mass is 210 g/mol. The summed E-state index contributed by atoms with van der Waals surface area (Å²) in [6, 6.07) is 8.07. The van der Waals surface area contributed by atoms with Crippen molar-refractivity contribution < 1.29 is 0 Å². The minimum Gasteiger partial charge on any atom is -0.130 e. The van der Waals surface area contributed by atoms with Crippen LogP contribution in [0.4, 0.5) is 0 Å². The van der Waals surface area contributed by atoms with Crippen LogP contribution in [0.15, 0.2) is 35.2 Å². The van der Waals surface area contributed by atoms with Crippen LogP contribution in [0.3, 0.4) is 0 Å². The van der Waals surface area contributed by atoms with Gasteiger partial charge in [-0.15, -0.1) is 11.8 Å². The maximum atomic E-state index is 6.07. The Morgan fingerprint density at radius 1 is 1.31 bits per heavy atom. The third-order valence-electron chi connectivity index (χ3n) is 2.10. The summed E-state index contributed by atoms with van der Waals surface area (Å²) in [5.74, 6) is 1.24. The lowest BCUT2D eigenvalue weighted by Crippen LogP contribution is -1.85. The molecular weight excluding hydrogens is 200 g/mol. The first-order valence-electron chi connectivity index (χ1n) is 4.41. The Hall–Kier alpha value is -0.400. The zero-order valence-electron chi connectivity index (χ0n) is 7.29. The second-order valence-electron chi connectivity index (χ2n) is 3.08. The van der Waals surface area contributed by atoms with Gasteiger partial charge in [-0.25, -0.2) is 0 Å². The van der Waals surface area contributed by atoms with E-state index < -0.39 is 0 Å². The number of allylic oxidation sites excluding steroid dienone is 2. The first-order valence-corrected chi connectivity index (χ1v) is 5.78. The molecule has 0 aliphatic carbocycles. The average molecular weight is 211 g/mol. The van der Waals surface area contributed by atoms with Crippen LogP contribution in [0.5, 0.6) is 0 Å². The fourth-order valence-corrected chi connectivity index (χ4v) is 2.62. The van der Waals surface area contributed by atoms with Crippen molar-refractivity contribution in [3.8, 4) is 0 Å². The van der Waals surface area contributed by atoms with Gasteiger partial charge < -0.3 is 0 Å². The molecule has 1 aromatic carbocycles. The van der Waals surface area contributed by atoms with E-state index in [-0.39, 0.29) is 0 Å². The van der Waals surface area contributed by atoms with Crippen LogP contribution < -0.4 is 0 Å². The molecule has 1 aliphatic rings. The van der Waals surface area contributed by atoms with Crippen molar-refractivity contribution in [3.05, 3.63) is 45.8 Å². The van der Waals surface area contributed by atoms with Gasteiger partial charge in [-0.3, -0.25) is 0 Å². The van der Waals surface area contributed by atoms with E-state index >= 15 is 0 Å². The van der Waals surface area contributed by atoms with E-state index in [0.717, 1.165) is 11.4 Å². The molecular formula is C11H11ClS. The van der Waals surface area contributed by atoms with E-state index in [2.05, 4.69) is 12.1 Å². The highest BCUT2D eigenvalue weighted by Gasteiger charge is 2.07.